The van der Waals surface area contributed by atoms with Gasteiger partial charge in [-0.25, -0.2) is 9.97 Å². The average molecular weight is 385 g/mol. The van der Waals surface area contributed by atoms with Crippen molar-refractivity contribution in [3.05, 3.63) is 55.0 Å². The van der Waals surface area contributed by atoms with Gasteiger partial charge in [0.25, 0.3) is 0 Å². The van der Waals surface area contributed by atoms with Gasteiger partial charge < -0.3 is 15.5 Å². The quantitative estimate of drug-likeness (QED) is 0.513. The van der Waals surface area contributed by atoms with Gasteiger partial charge in [0.05, 0.1) is 11.8 Å². The second-order valence-electron chi connectivity index (χ2n) is 6.68. The van der Waals surface area contributed by atoms with Gasteiger partial charge in [-0.2, -0.15) is 5.10 Å². The van der Waals surface area contributed by atoms with Crippen LogP contribution in [0.2, 0.25) is 0 Å². The van der Waals surface area contributed by atoms with Crippen LogP contribution in [0.4, 0.5) is 17.5 Å². The highest BCUT2D eigenvalue weighted by atomic mass is 16.1. The fraction of sp³-hybridized carbons (Fsp3) is 0.190. The first-order valence-electron chi connectivity index (χ1n) is 9.15. The van der Waals surface area contributed by atoms with Crippen LogP contribution in [0.5, 0.6) is 0 Å². The van der Waals surface area contributed by atoms with Crippen LogP contribution in [0.25, 0.3) is 10.8 Å². The Labute approximate surface area is 168 Å². The number of carbonyl (C=O) groups excluding carboxylic acids is 1. The van der Waals surface area contributed by atoms with Crippen LogP contribution in [-0.2, 0) is 4.79 Å². The van der Waals surface area contributed by atoms with Crippen molar-refractivity contribution in [2.45, 2.75) is 12.5 Å². The summed E-state index contributed by atoms with van der Waals surface area (Å²) in [5.74, 6) is 3.63. The number of anilines is 3. The molecule has 0 radical (unpaired) electrons. The lowest BCUT2D eigenvalue weighted by atomic mass is 10.1. The highest BCUT2D eigenvalue weighted by Crippen LogP contribution is 2.29. The maximum Gasteiger partial charge on any atom is 0.247 e. The second-order valence-corrected chi connectivity index (χ2v) is 6.68. The molecule has 2 aromatic heterocycles. The number of nitrogens with one attached hydrogen (secondary N) is 2. The van der Waals surface area contributed by atoms with E-state index in [9.17, 15) is 4.79 Å². The molecule has 8 nitrogen and oxygen atoms in total. The average Bonchev–Trinajstić information content (AvgIpc) is 3.22. The number of carbonyl (C=O) groups is 1. The van der Waals surface area contributed by atoms with Gasteiger partial charge in [0.2, 0.25) is 11.9 Å². The number of rotatable bonds is 5. The maximum atomic E-state index is 11.5. The van der Waals surface area contributed by atoms with E-state index in [0.717, 1.165) is 36.1 Å². The normalized spacial score (nSPS) is 15.7. The van der Waals surface area contributed by atoms with E-state index in [2.05, 4.69) is 48.2 Å². The molecule has 3 heterocycles. The lowest BCUT2D eigenvalue weighted by Crippen LogP contribution is -2.27. The molecule has 1 aromatic carbocycles. The molecule has 4 rings (SSSR count). The Morgan fingerprint density at radius 3 is 2.90 bits per heavy atom. The van der Waals surface area contributed by atoms with Crippen molar-refractivity contribution in [2.75, 3.05) is 28.6 Å². The Bertz CT molecular complexity index is 1100. The molecule has 1 aliphatic heterocycles. The summed E-state index contributed by atoms with van der Waals surface area (Å²) < 4.78 is 0. The summed E-state index contributed by atoms with van der Waals surface area (Å²) in [5.41, 5.74) is 1.34. The number of fused-ring (bicyclic) bond motifs is 1. The highest BCUT2D eigenvalue weighted by molar-refractivity contribution is 6.01. The molecule has 29 heavy (non-hydrogen) atoms. The first kappa shape index (κ1) is 18.4. The van der Waals surface area contributed by atoms with E-state index in [1.807, 2.05) is 18.2 Å². The molecule has 3 aromatic rings. The summed E-state index contributed by atoms with van der Waals surface area (Å²) in [4.78, 5) is 22.2. The molecular formula is C21H19N7O. The van der Waals surface area contributed by atoms with E-state index in [4.69, 9.17) is 6.42 Å². The van der Waals surface area contributed by atoms with E-state index < -0.39 is 0 Å². The number of aromatic nitrogens is 4. The zero-order valence-corrected chi connectivity index (χ0v) is 15.7. The van der Waals surface area contributed by atoms with Crippen LogP contribution >= 0.6 is 0 Å². The minimum Gasteiger partial charge on any atom is -0.352 e. The minimum absolute atomic E-state index is 0.190. The third kappa shape index (κ3) is 3.99. The molecule has 1 amide bonds. The summed E-state index contributed by atoms with van der Waals surface area (Å²) in [6.07, 6.45) is 12.4. The molecule has 1 aliphatic rings. The summed E-state index contributed by atoms with van der Waals surface area (Å²) in [6.45, 7) is 5.06. The largest absolute Gasteiger partial charge is 0.352 e. The molecule has 0 aliphatic carbocycles. The first-order valence-corrected chi connectivity index (χ1v) is 9.15. The first-order chi connectivity index (χ1) is 14.2. The van der Waals surface area contributed by atoms with E-state index in [-0.39, 0.29) is 11.9 Å². The van der Waals surface area contributed by atoms with Crippen molar-refractivity contribution in [2.24, 2.45) is 0 Å². The summed E-state index contributed by atoms with van der Waals surface area (Å²) in [5, 5.41) is 16.5. The van der Waals surface area contributed by atoms with Gasteiger partial charge in [0, 0.05) is 48.0 Å². The van der Waals surface area contributed by atoms with Gasteiger partial charge in [0.1, 0.15) is 0 Å². The summed E-state index contributed by atoms with van der Waals surface area (Å²) in [7, 11) is 0. The highest BCUT2D eigenvalue weighted by Gasteiger charge is 2.25. The van der Waals surface area contributed by atoms with E-state index in [1.165, 1.54) is 6.08 Å². The Kier molecular flexibility index (Phi) is 5.03. The number of terminal acetylenes is 1. The van der Waals surface area contributed by atoms with Gasteiger partial charge in [-0.15, -0.1) is 11.5 Å². The van der Waals surface area contributed by atoms with Gasteiger partial charge in [0.15, 0.2) is 5.82 Å². The number of hydrogen-bond acceptors (Lipinski definition) is 7. The summed E-state index contributed by atoms with van der Waals surface area (Å²) >= 11 is 0. The standard InChI is InChI=1S/C21H19N7O/c1-3-14-10-22-21(23-11-14)26-17-7-8-28(13-17)20-18-6-5-16(25-19(29)4-2)9-15(18)12-24-27-20/h1,4-6,9-12,17H,2,7-8,13H2,(H,25,29)(H,22,23,26)/t17-/m1/s1. The molecule has 144 valence electrons. The lowest BCUT2D eigenvalue weighted by Gasteiger charge is -2.19. The molecule has 0 unspecified atom stereocenters. The van der Waals surface area contributed by atoms with Crippen LogP contribution in [0.3, 0.4) is 0 Å². The van der Waals surface area contributed by atoms with E-state index in [0.29, 0.717) is 17.2 Å². The van der Waals surface area contributed by atoms with Gasteiger partial charge >= 0.3 is 0 Å². The fourth-order valence-corrected chi connectivity index (χ4v) is 3.31. The van der Waals surface area contributed by atoms with Crippen molar-refractivity contribution in [1.29, 1.82) is 0 Å². The zero-order chi connectivity index (χ0) is 20.2. The van der Waals surface area contributed by atoms with Crippen molar-refractivity contribution in [3.8, 4) is 12.3 Å². The van der Waals surface area contributed by atoms with Gasteiger partial charge in [-0.1, -0.05) is 12.5 Å². The number of nitrogens with zero attached hydrogens (tertiary/aromatic N) is 5. The second kappa shape index (κ2) is 7.94. The number of benzene rings is 1. The van der Waals surface area contributed by atoms with Crippen LogP contribution < -0.4 is 15.5 Å². The molecule has 0 bridgehead atoms. The molecule has 0 spiro atoms. The SMILES string of the molecule is C#Cc1cnc(N[C@@H]2CCN(c3nncc4cc(NC(=O)C=C)ccc34)C2)nc1. The predicted molar refractivity (Wildman–Crippen MR) is 113 cm³/mol. The predicted octanol–water partition coefficient (Wildman–Crippen LogP) is 2.22. The number of hydrogen-bond donors (Lipinski definition) is 2. The minimum atomic E-state index is -0.252. The molecule has 1 atom stereocenters. The molecule has 8 heteroatoms. The topological polar surface area (TPSA) is 95.9 Å². The van der Waals surface area contributed by atoms with E-state index >= 15 is 0 Å². The third-order valence-electron chi connectivity index (χ3n) is 4.73. The van der Waals surface area contributed by atoms with Crippen molar-refractivity contribution in [3.63, 3.8) is 0 Å². The Balaban J connectivity index is 1.50. The number of amides is 1. The third-order valence-corrected chi connectivity index (χ3v) is 4.73. The monoisotopic (exact) mass is 385 g/mol. The van der Waals surface area contributed by atoms with Gasteiger partial charge in [-0.05, 0) is 30.7 Å². The lowest BCUT2D eigenvalue weighted by molar-refractivity contribution is -0.111. The smallest absolute Gasteiger partial charge is 0.247 e. The molecule has 1 saturated heterocycles. The van der Waals surface area contributed by atoms with Crippen molar-refractivity contribution in [1.82, 2.24) is 20.2 Å². The molecule has 1 fully saturated rings. The Hall–Kier alpha value is -3.99. The van der Waals surface area contributed by atoms with Crippen LogP contribution in [0, 0.1) is 12.3 Å². The van der Waals surface area contributed by atoms with Crippen molar-refractivity contribution >= 4 is 34.1 Å². The molecular weight excluding hydrogens is 366 g/mol. The van der Waals surface area contributed by atoms with Crippen LogP contribution in [0.1, 0.15) is 12.0 Å². The van der Waals surface area contributed by atoms with E-state index in [1.54, 1.807) is 18.6 Å². The molecule has 2 N–H and O–H groups in total. The Morgan fingerprint density at radius 2 is 2.14 bits per heavy atom. The maximum absolute atomic E-state index is 11.5. The Morgan fingerprint density at radius 1 is 1.31 bits per heavy atom. The van der Waals surface area contributed by atoms with Gasteiger partial charge in [-0.3, -0.25) is 4.79 Å². The van der Waals surface area contributed by atoms with Crippen molar-refractivity contribution < 1.29 is 4.79 Å². The van der Waals surface area contributed by atoms with Crippen LogP contribution in [-0.4, -0.2) is 45.2 Å². The fourth-order valence-electron chi connectivity index (χ4n) is 3.31. The summed E-state index contributed by atoms with van der Waals surface area (Å²) in [6, 6.07) is 5.86. The molecule has 0 saturated carbocycles. The zero-order valence-electron chi connectivity index (χ0n) is 15.7. The van der Waals surface area contributed by atoms with Crippen LogP contribution in [0.15, 0.2) is 49.4 Å².